The first-order valence-corrected chi connectivity index (χ1v) is 22.0. The van der Waals surface area contributed by atoms with Crippen LogP contribution in [0.25, 0.3) is 10.9 Å². The Morgan fingerprint density at radius 1 is 0.742 bits per heavy atom. The Bertz CT molecular complexity index is 2780. The molecule has 0 saturated carbocycles. The molecule has 1 fully saturated rings. The molecule has 13 heteroatoms. The van der Waals surface area contributed by atoms with E-state index in [-0.39, 0.29) is 42.1 Å². The maximum atomic E-state index is 14.0. The van der Waals surface area contributed by atoms with Crippen molar-refractivity contribution in [3.8, 4) is 11.5 Å². The third-order valence-electron chi connectivity index (χ3n) is 11.8. The molecule has 7 aromatic rings. The summed E-state index contributed by atoms with van der Waals surface area (Å²) in [5.41, 5.74) is 3.82. The fraction of sp³-hybridized carbons (Fsp3) is 0.226. The number of H-pyrrole nitrogens is 1. The molecule has 0 spiro atoms. The van der Waals surface area contributed by atoms with Crippen LogP contribution in [0.5, 0.6) is 11.5 Å². The summed E-state index contributed by atoms with van der Waals surface area (Å²) in [7, 11) is 0. The summed E-state index contributed by atoms with van der Waals surface area (Å²) in [6.45, 7) is 3.65. The second-order valence-corrected chi connectivity index (χ2v) is 16.5. The van der Waals surface area contributed by atoms with Crippen LogP contribution in [0.1, 0.15) is 57.9 Å². The quantitative estimate of drug-likeness (QED) is 0.0455. The molecular weight excluding hydrogens is 835 g/mol. The number of esters is 1. The van der Waals surface area contributed by atoms with Gasteiger partial charge in [0.25, 0.3) is 0 Å². The lowest BCUT2D eigenvalue weighted by Crippen LogP contribution is -2.43. The van der Waals surface area contributed by atoms with Crippen molar-refractivity contribution in [3.63, 3.8) is 0 Å². The molecule has 1 aliphatic rings. The number of hydrogen-bond donors (Lipinski definition) is 7. The predicted octanol–water partition coefficient (Wildman–Crippen LogP) is 7.40. The van der Waals surface area contributed by atoms with Gasteiger partial charge >= 0.3 is 12.0 Å². The molecule has 0 aliphatic carbocycles. The minimum atomic E-state index is -2.05. The Hall–Kier alpha value is -7.29. The first-order chi connectivity index (χ1) is 32.1. The van der Waals surface area contributed by atoms with Crippen molar-refractivity contribution in [1.82, 2.24) is 20.5 Å². The summed E-state index contributed by atoms with van der Waals surface area (Å²) in [5.74, 6) is -0.301. The number of rotatable bonds is 17. The number of pyridine rings is 1. The lowest BCUT2D eigenvalue weighted by atomic mass is 9.86. The van der Waals surface area contributed by atoms with Gasteiger partial charge in [-0.05, 0) is 82.6 Å². The molecule has 8 rings (SSSR count). The van der Waals surface area contributed by atoms with Crippen molar-refractivity contribution in [2.45, 2.75) is 56.9 Å². The molecule has 6 aromatic carbocycles. The Labute approximate surface area is 382 Å². The number of amides is 2. The van der Waals surface area contributed by atoms with Crippen molar-refractivity contribution >= 4 is 28.6 Å². The molecule has 1 saturated heterocycles. The molecule has 1 aromatic heterocycles. The van der Waals surface area contributed by atoms with E-state index in [1.54, 1.807) is 72.8 Å². The van der Waals surface area contributed by atoms with Gasteiger partial charge in [-0.1, -0.05) is 115 Å². The van der Waals surface area contributed by atoms with E-state index in [4.69, 9.17) is 9.47 Å². The van der Waals surface area contributed by atoms with Crippen molar-refractivity contribution < 1.29 is 34.4 Å². The molecule has 2 atom stereocenters. The Morgan fingerprint density at radius 2 is 1.41 bits per heavy atom. The van der Waals surface area contributed by atoms with Crippen molar-refractivity contribution in [3.05, 3.63) is 207 Å². The average molecular weight is 888 g/mol. The number of anilines is 1. The number of phenols is 1. The van der Waals surface area contributed by atoms with Crippen LogP contribution in [0.4, 0.5) is 10.5 Å². The zero-order valence-corrected chi connectivity index (χ0v) is 36.4. The first kappa shape index (κ1) is 45.3. The molecule has 1 aliphatic heterocycles. The number of phenolic OH excluding ortho intramolecular Hbond substituents is 1. The summed E-state index contributed by atoms with van der Waals surface area (Å²) in [6.07, 6.45) is 0.158. The number of carbonyl (C=O) groups excluding carboxylic acids is 2. The van der Waals surface area contributed by atoms with Gasteiger partial charge in [0.1, 0.15) is 24.2 Å². The molecule has 1 unspecified atom stereocenters. The number of urea groups is 1. The SMILES string of the molecule is O=C(NCc1ccc(COc2cccc(C(O)(C(=O)OC3CCN(Cc4ccccc4)CC3)c3ccccc3)c2)cc1)Nc1ccc(CNC[C@H](O)c2ccc(O)c3[nH]c(=O)ccc23)cc1. The standard InChI is InChI=1S/C53H53N5O8/c59-47-24-22-45(46-23-25-49(61)57-50(46)47)48(60)33-54-31-36-18-20-42(21-19-36)56-52(63)55-32-37-14-16-39(17-15-37)35-65-44-13-7-12-41(30-44)53(64,40-10-5-2-6-11-40)51(62)66-43-26-28-58(29-27-43)34-38-8-3-1-4-9-38/h1-25,30,43,48,54,59-60,64H,26-29,31-35H2,(H,57,61)(H2,55,56,63)/t48-,53?/m0/s1. The number of aliphatic hydroxyl groups excluding tert-OH is 1. The number of aliphatic hydroxyl groups is 2. The average Bonchev–Trinajstić information content (AvgIpc) is 3.35. The number of aromatic hydroxyl groups is 1. The highest BCUT2D eigenvalue weighted by molar-refractivity contribution is 5.89. The monoisotopic (exact) mass is 887 g/mol. The number of nitrogens with zero attached hydrogens (tertiary/aromatic N) is 1. The lowest BCUT2D eigenvalue weighted by Gasteiger charge is -2.34. The zero-order valence-electron chi connectivity index (χ0n) is 36.4. The number of piperidine rings is 1. The second kappa shape index (κ2) is 21.1. The number of aromatic amines is 1. The highest BCUT2D eigenvalue weighted by Gasteiger charge is 2.43. The van der Waals surface area contributed by atoms with E-state index in [1.807, 2.05) is 60.7 Å². The zero-order chi connectivity index (χ0) is 45.9. The first-order valence-electron chi connectivity index (χ1n) is 22.0. The van der Waals surface area contributed by atoms with Crippen LogP contribution in [0.2, 0.25) is 0 Å². The molecular formula is C53H53N5O8. The summed E-state index contributed by atoms with van der Waals surface area (Å²) in [4.78, 5) is 43.4. The predicted molar refractivity (Wildman–Crippen MR) is 253 cm³/mol. The number of likely N-dealkylation sites (tertiary alicyclic amines) is 1. The van der Waals surface area contributed by atoms with Crippen LogP contribution in [0.3, 0.4) is 0 Å². The van der Waals surface area contributed by atoms with E-state index in [9.17, 15) is 29.7 Å². The van der Waals surface area contributed by atoms with Gasteiger partial charge < -0.3 is 45.7 Å². The van der Waals surface area contributed by atoms with Crippen LogP contribution < -0.4 is 26.2 Å². The van der Waals surface area contributed by atoms with E-state index in [0.717, 1.165) is 36.3 Å². The van der Waals surface area contributed by atoms with Gasteiger partial charge in [-0.25, -0.2) is 9.59 Å². The fourth-order valence-corrected chi connectivity index (χ4v) is 8.15. The van der Waals surface area contributed by atoms with Gasteiger partial charge in [0.05, 0.1) is 11.6 Å². The van der Waals surface area contributed by atoms with Crippen LogP contribution in [0, 0.1) is 0 Å². The van der Waals surface area contributed by atoms with Gasteiger partial charge in [-0.2, -0.15) is 0 Å². The molecule has 0 bridgehead atoms. The molecule has 0 radical (unpaired) electrons. The number of fused-ring (bicyclic) bond motifs is 1. The van der Waals surface area contributed by atoms with E-state index >= 15 is 0 Å². The summed E-state index contributed by atoms with van der Waals surface area (Å²) in [6, 6.07) is 46.8. The minimum absolute atomic E-state index is 0.0641. The van der Waals surface area contributed by atoms with E-state index in [0.29, 0.717) is 59.4 Å². The summed E-state index contributed by atoms with van der Waals surface area (Å²) < 4.78 is 12.2. The lowest BCUT2D eigenvalue weighted by molar-refractivity contribution is -0.170. The highest BCUT2D eigenvalue weighted by Crippen LogP contribution is 2.35. The van der Waals surface area contributed by atoms with Crippen LogP contribution in [-0.4, -0.2) is 62.9 Å². The van der Waals surface area contributed by atoms with Gasteiger partial charge in [-0.3, -0.25) is 9.69 Å². The van der Waals surface area contributed by atoms with E-state index in [2.05, 4.69) is 38.0 Å². The normalized spacial score (nSPS) is 14.5. The number of hydrogen-bond acceptors (Lipinski definition) is 10. The van der Waals surface area contributed by atoms with Crippen LogP contribution in [0.15, 0.2) is 163 Å². The number of ether oxygens (including phenoxy) is 2. The summed E-state index contributed by atoms with van der Waals surface area (Å²) >= 11 is 0. The molecule has 13 nitrogen and oxygen atoms in total. The van der Waals surface area contributed by atoms with Crippen molar-refractivity contribution in [2.75, 3.05) is 25.0 Å². The smallest absolute Gasteiger partial charge is 0.347 e. The second-order valence-electron chi connectivity index (χ2n) is 16.5. The molecule has 338 valence electrons. The van der Waals surface area contributed by atoms with Gasteiger partial charge in [0, 0.05) is 62.0 Å². The fourth-order valence-electron chi connectivity index (χ4n) is 8.15. The van der Waals surface area contributed by atoms with Crippen molar-refractivity contribution in [2.24, 2.45) is 0 Å². The molecule has 2 heterocycles. The number of benzene rings is 6. The largest absolute Gasteiger partial charge is 0.506 e. The Kier molecular flexibility index (Phi) is 14.5. The number of aromatic nitrogens is 1. The van der Waals surface area contributed by atoms with Gasteiger partial charge in [0.2, 0.25) is 11.2 Å². The van der Waals surface area contributed by atoms with E-state index < -0.39 is 17.7 Å². The molecule has 2 amide bonds. The van der Waals surface area contributed by atoms with Crippen LogP contribution in [-0.2, 0) is 41.4 Å². The van der Waals surface area contributed by atoms with Gasteiger partial charge in [-0.15, -0.1) is 0 Å². The van der Waals surface area contributed by atoms with E-state index in [1.165, 1.54) is 17.7 Å². The van der Waals surface area contributed by atoms with Crippen molar-refractivity contribution in [1.29, 1.82) is 0 Å². The Balaban J connectivity index is 0.790. The maximum absolute atomic E-state index is 14.0. The third-order valence-corrected chi connectivity index (χ3v) is 11.8. The minimum Gasteiger partial charge on any atom is -0.506 e. The Morgan fingerprint density at radius 3 is 2.15 bits per heavy atom. The topological polar surface area (TPSA) is 185 Å². The molecule has 66 heavy (non-hydrogen) atoms. The summed E-state index contributed by atoms with van der Waals surface area (Å²) in [5, 5.41) is 42.7. The number of nitrogens with one attached hydrogen (secondary N) is 4. The third kappa shape index (κ3) is 11.3. The van der Waals surface area contributed by atoms with Crippen LogP contribution >= 0.6 is 0 Å². The highest BCUT2D eigenvalue weighted by atomic mass is 16.6. The maximum Gasteiger partial charge on any atom is 0.347 e. The number of carbonyl (C=O) groups is 2. The molecule has 7 N–H and O–H groups in total. The van der Waals surface area contributed by atoms with Gasteiger partial charge in [0.15, 0.2) is 0 Å².